The Morgan fingerprint density at radius 3 is 2.61 bits per heavy atom. The Morgan fingerprint density at radius 1 is 1.11 bits per heavy atom. The van der Waals surface area contributed by atoms with Gasteiger partial charge in [0.2, 0.25) is 5.89 Å². The molecule has 1 heterocycles. The maximum Gasteiger partial charge on any atom is 0.227 e. The smallest absolute Gasteiger partial charge is 0.227 e. The third kappa shape index (κ3) is 1.98. The van der Waals surface area contributed by atoms with Crippen LogP contribution >= 0.6 is 11.6 Å². The van der Waals surface area contributed by atoms with Gasteiger partial charge < -0.3 is 9.52 Å². The normalized spacial score (nSPS) is 11.0. The molecule has 0 atom stereocenters. The van der Waals surface area contributed by atoms with Crippen molar-refractivity contribution in [1.82, 2.24) is 4.98 Å². The van der Waals surface area contributed by atoms with Gasteiger partial charge in [0.05, 0.1) is 6.61 Å². The number of rotatable bonds is 2. The molecular formula is C14H10ClNO2. The molecule has 18 heavy (non-hydrogen) atoms. The molecule has 2 aromatic carbocycles. The lowest BCUT2D eigenvalue weighted by Gasteiger charge is -1.97. The number of aliphatic hydroxyl groups excluding tert-OH is 1. The topological polar surface area (TPSA) is 46.3 Å². The lowest BCUT2D eigenvalue weighted by atomic mass is 10.1. The molecule has 0 saturated carbocycles. The molecule has 0 fully saturated rings. The van der Waals surface area contributed by atoms with Gasteiger partial charge in [-0.25, -0.2) is 4.98 Å². The fourth-order valence-corrected chi connectivity index (χ4v) is 1.94. The minimum Gasteiger partial charge on any atom is -0.436 e. The number of aliphatic hydroxyl groups is 1. The highest BCUT2D eigenvalue weighted by molar-refractivity contribution is 6.31. The first-order valence-electron chi connectivity index (χ1n) is 5.52. The van der Waals surface area contributed by atoms with Crippen LogP contribution in [-0.2, 0) is 6.61 Å². The summed E-state index contributed by atoms with van der Waals surface area (Å²) in [6.07, 6.45) is 0. The Morgan fingerprint density at radius 2 is 1.89 bits per heavy atom. The van der Waals surface area contributed by atoms with E-state index in [1.807, 2.05) is 24.3 Å². The highest BCUT2D eigenvalue weighted by atomic mass is 35.5. The SMILES string of the molecule is OCc1ccc(-c2nc3cc(Cl)ccc3o2)cc1. The zero-order chi connectivity index (χ0) is 12.5. The lowest BCUT2D eigenvalue weighted by Crippen LogP contribution is -1.82. The molecule has 0 unspecified atom stereocenters. The van der Waals surface area contributed by atoms with Crippen molar-refractivity contribution in [1.29, 1.82) is 0 Å². The van der Waals surface area contributed by atoms with Gasteiger partial charge >= 0.3 is 0 Å². The second-order valence-corrected chi connectivity index (χ2v) is 4.42. The van der Waals surface area contributed by atoms with Gasteiger partial charge in [0.25, 0.3) is 0 Å². The van der Waals surface area contributed by atoms with E-state index in [0.717, 1.165) is 16.6 Å². The van der Waals surface area contributed by atoms with Crippen LogP contribution in [0, 0.1) is 0 Å². The van der Waals surface area contributed by atoms with Crippen LogP contribution in [0.2, 0.25) is 5.02 Å². The van der Waals surface area contributed by atoms with E-state index in [9.17, 15) is 0 Å². The van der Waals surface area contributed by atoms with Crippen molar-refractivity contribution in [2.45, 2.75) is 6.61 Å². The number of benzene rings is 2. The van der Waals surface area contributed by atoms with E-state index in [1.54, 1.807) is 18.2 Å². The first kappa shape index (κ1) is 11.3. The van der Waals surface area contributed by atoms with Crippen LogP contribution in [0.4, 0.5) is 0 Å². The Labute approximate surface area is 109 Å². The van der Waals surface area contributed by atoms with Gasteiger partial charge in [0.1, 0.15) is 5.52 Å². The minimum absolute atomic E-state index is 0.0312. The van der Waals surface area contributed by atoms with Crippen LogP contribution in [0.5, 0.6) is 0 Å². The standard InChI is InChI=1S/C14H10ClNO2/c15-11-5-6-13-12(7-11)16-14(18-13)10-3-1-9(8-17)2-4-10/h1-7,17H,8H2. The van der Waals surface area contributed by atoms with Gasteiger partial charge in [-0.05, 0) is 35.9 Å². The van der Waals surface area contributed by atoms with Crippen molar-refractivity contribution in [2.75, 3.05) is 0 Å². The summed E-state index contributed by atoms with van der Waals surface area (Å²) < 4.78 is 5.65. The highest BCUT2D eigenvalue weighted by Crippen LogP contribution is 2.26. The number of nitrogens with zero attached hydrogens (tertiary/aromatic N) is 1. The number of hydrogen-bond acceptors (Lipinski definition) is 3. The van der Waals surface area contributed by atoms with Crippen molar-refractivity contribution in [3.05, 3.63) is 53.1 Å². The molecule has 1 N–H and O–H groups in total. The van der Waals surface area contributed by atoms with Crippen LogP contribution in [0.15, 0.2) is 46.9 Å². The van der Waals surface area contributed by atoms with E-state index >= 15 is 0 Å². The molecule has 0 aliphatic heterocycles. The maximum atomic E-state index is 8.99. The molecule has 4 heteroatoms. The summed E-state index contributed by atoms with van der Waals surface area (Å²) in [7, 11) is 0. The number of halogens is 1. The summed E-state index contributed by atoms with van der Waals surface area (Å²) in [6.45, 7) is 0.0312. The molecule has 3 rings (SSSR count). The number of aromatic nitrogens is 1. The molecule has 0 aliphatic carbocycles. The first-order chi connectivity index (χ1) is 8.76. The van der Waals surface area contributed by atoms with Gasteiger partial charge in [-0.2, -0.15) is 0 Å². The Hall–Kier alpha value is -1.84. The predicted molar refractivity (Wildman–Crippen MR) is 70.4 cm³/mol. The molecule has 3 aromatic rings. The highest BCUT2D eigenvalue weighted by Gasteiger charge is 2.08. The van der Waals surface area contributed by atoms with E-state index < -0.39 is 0 Å². The van der Waals surface area contributed by atoms with Crippen LogP contribution in [0.1, 0.15) is 5.56 Å². The van der Waals surface area contributed by atoms with E-state index in [0.29, 0.717) is 16.5 Å². The largest absolute Gasteiger partial charge is 0.436 e. The van der Waals surface area contributed by atoms with Crippen molar-refractivity contribution in [3.63, 3.8) is 0 Å². The van der Waals surface area contributed by atoms with E-state index in [1.165, 1.54) is 0 Å². The summed E-state index contributed by atoms with van der Waals surface area (Å²) in [5, 5.41) is 9.63. The first-order valence-corrected chi connectivity index (χ1v) is 5.90. The number of hydrogen-bond donors (Lipinski definition) is 1. The average Bonchev–Trinajstić information content (AvgIpc) is 2.81. The Kier molecular flexibility index (Phi) is 2.78. The summed E-state index contributed by atoms with van der Waals surface area (Å²) >= 11 is 5.90. The van der Waals surface area contributed by atoms with Crippen LogP contribution < -0.4 is 0 Å². The molecule has 1 aromatic heterocycles. The third-order valence-corrected chi connectivity index (χ3v) is 2.97. The molecule has 90 valence electrons. The fourth-order valence-electron chi connectivity index (χ4n) is 1.78. The lowest BCUT2D eigenvalue weighted by molar-refractivity contribution is 0.282. The second kappa shape index (κ2) is 4.44. The van der Waals surface area contributed by atoms with Gasteiger partial charge in [-0.15, -0.1) is 0 Å². The molecule has 0 amide bonds. The van der Waals surface area contributed by atoms with Crippen molar-refractivity contribution in [2.24, 2.45) is 0 Å². The van der Waals surface area contributed by atoms with Gasteiger partial charge in [0, 0.05) is 10.6 Å². The molecule has 0 spiro atoms. The number of fused-ring (bicyclic) bond motifs is 1. The van der Waals surface area contributed by atoms with Crippen LogP contribution in [0.3, 0.4) is 0 Å². The summed E-state index contributed by atoms with van der Waals surface area (Å²) in [5.41, 5.74) is 3.18. The van der Waals surface area contributed by atoms with E-state index in [2.05, 4.69) is 4.98 Å². The maximum absolute atomic E-state index is 8.99. The van der Waals surface area contributed by atoms with Gasteiger partial charge in [-0.3, -0.25) is 0 Å². The summed E-state index contributed by atoms with van der Waals surface area (Å²) in [6, 6.07) is 12.8. The fraction of sp³-hybridized carbons (Fsp3) is 0.0714. The average molecular weight is 260 g/mol. The summed E-state index contributed by atoms with van der Waals surface area (Å²) in [4.78, 5) is 4.39. The summed E-state index contributed by atoms with van der Waals surface area (Å²) in [5.74, 6) is 0.553. The molecular weight excluding hydrogens is 250 g/mol. The molecule has 3 nitrogen and oxygen atoms in total. The second-order valence-electron chi connectivity index (χ2n) is 3.99. The van der Waals surface area contributed by atoms with E-state index in [-0.39, 0.29) is 6.61 Å². The predicted octanol–water partition coefficient (Wildman–Crippen LogP) is 3.64. The van der Waals surface area contributed by atoms with Crippen molar-refractivity contribution in [3.8, 4) is 11.5 Å². The van der Waals surface area contributed by atoms with Crippen molar-refractivity contribution >= 4 is 22.7 Å². The Bertz CT molecular complexity index is 689. The zero-order valence-electron chi connectivity index (χ0n) is 9.43. The minimum atomic E-state index is 0.0312. The Balaban J connectivity index is 2.07. The molecule has 0 radical (unpaired) electrons. The molecule has 0 aliphatic rings. The van der Waals surface area contributed by atoms with Crippen LogP contribution in [0.25, 0.3) is 22.6 Å². The molecule has 0 saturated heterocycles. The quantitative estimate of drug-likeness (QED) is 0.764. The van der Waals surface area contributed by atoms with Crippen molar-refractivity contribution < 1.29 is 9.52 Å². The number of oxazole rings is 1. The van der Waals surface area contributed by atoms with Gasteiger partial charge in [0.15, 0.2) is 5.58 Å². The van der Waals surface area contributed by atoms with E-state index in [4.69, 9.17) is 21.1 Å². The van der Waals surface area contributed by atoms with Crippen LogP contribution in [-0.4, -0.2) is 10.1 Å². The van der Waals surface area contributed by atoms with Gasteiger partial charge in [-0.1, -0.05) is 23.7 Å². The monoisotopic (exact) mass is 259 g/mol. The zero-order valence-corrected chi connectivity index (χ0v) is 10.2. The third-order valence-electron chi connectivity index (χ3n) is 2.73. The molecule has 0 bridgehead atoms.